The van der Waals surface area contributed by atoms with Crippen LogP contribution in [0.2, 0.25) is 0 Å². The molecule has 1 saturated carbocycles. The molecule has 0 nitrogen and oxygen atoms in total. The van der Waals surface area contributed by atoms with Gasteiger partial charge in [-0.15, -0.1) is 0 Å². The van der Waals surface area contributed by atoms with E-state index in [1.807, 2.05) is 20.8 Å². The fraction of sp³-hybridized carbons (Fsp3) is 0.667. The fourth-order valence-corrected chi connectivity index (χ4v) is 2.34. The second-order valence-electron chi connectivity index (χ2n) is 7.27. The van der Waals surface area contributed by atoms with Crippen LogP contribution in [0.4, 0.5) is 0 Å². The minimum absolute atomic E-state index is 0.0185. The van der Waals surface area contributed by atoms with Gasteiger partial charge >= 0.3 is 0 Å². The fourth-order valence-electron chi connectivity index (χ4n) is 2.34. The number of rotatable bonds is 1. The van der Waals surface area contributed by atoms with Crippen LogP contribution in [-0.2, 0) is 5.41 Å². The third kappa shape index (κ3) is 3.16. The first-order valence-corrected chi connectivity index (χ1v) is 6.91. The Morgan fingerprint density at radius 3 is 2.06 bits per heavy atom. The lowest BCUT2D eigenvalue weighted by Crippen LogP contribution is -2.20. The molecular formula is C18H28. The Morgan fingerprint density at radius 1 is 1.11 bits per heavy atom. The van der Waals surface area contributed by atoms with Crippen molar-refractivity contribution in [2.45, 2.75) is 71.6 Å². The first-order chi connectivity index (χ1) is 10.3. The van der Waals surface area contributed by atoms with Crippen molar-refractivity contribution in [3.63, 3.8) is 0 Å². The van der Waals surface area contributed by atoms with Crippen LogP contribution < -0.4 is 0 Å². The summed E-state index contributed by atoms with van der Waals surface area (Å²) in [4.78, 5) is 0. The molecule has 0 bridgehead atoms. The largest absolute Gasteiger partial charge is 0.0626 e. The summed E-state index contributed by atoms with van der Waals surface area (Å²) in [6, 6.07) is -0.00817. The van der Waals surface area contributed by atoms with E-state index in [1.165, 1.54) is 0 Å². The lowest BCUT2D eigenvalue weighted by atomic mass is 9.71. The van der Waals surface area contributed by atoms with Crippen LogP contribution in [0.3, 0.4) is 0 Å². The molecule has 2 rings (SSSR count). The molecule has 1 aromatic rings. The predicted octanol–water partition coefficient (Wildman–Crippen LogP) is 5.67. The van der Waals surface area contributed by atoms with E-state index in [2.05, 4.69) is 13.8 Å². The van der Waals surface area contributed by atoms with E-state index in [1.54, 1.807) is 0 Å². The van der Waals surface area contributed by atoms with Gasteiger partial charge in [0.1, 0.15) is 0 Å². The minimum atomic E-state index is -1.01. The van der Waals surface area contributed by atoms with E-state index in [4.69, 9.17) is 6.85 Å². The molecule has 0 aromatic heterocycles. The van der Waals surface area contributed by atoms with Crippen molar-refractivity contribution in [2.24, 2.45) is 5.41 Å². The van der Waals surface area contributed by atoms with Crippen LogP contribution in [0.1, 0.15) is 84.2 Å². The molecule has 18 heavy (non-hydrogen) atoms. The Balaban J connectivity index is 2.62. The van der Waals surface area contributed by atoms with Crippen LogP contribution >= 0.6 is 0 Å². The summed E-state index contributed by atoms with van der Waals surface area (Å²) in [5, 5.41) is 0. The molecule has 0 atom stereocenters. The van der Waals surface area contributed by atoms with E-state index in [0.717, 1.165) is 12.8 Å². The number of benzene rings is 1. The van der Waals surface area contributed by atoms with E-state index in [0.29, 0.717) is 18.4 Å². The van der Waals surface area contributed by atoms with Crippen LogP contribution in [0.5, 0.6) is 0 Å². The summed E-state index contributed by atoms with van der Waals surface area (Å²) in [7, 11) is 0. The molecule has 0 heteroatoms. The van der Waals surface area contributed by atoms with Gasteiger partial charge < -0.3 is 0 Å². The Morgan fingerprint density at radius 2 is 1.61 bits per heavy atom. The van der Waals surface area contributed by atoms with Gasteiger partial charge in [0.2, 0.25) is 0 Å². The number of hydrogen-bond acceptors (Lipinski definition) is 0. The highest BCUT2D eigenvalue weighted by Gasteiger charge is 2.27. The third-order valence-electron chi connectivity index (χ3n) is 3.94. The molecule has 0 amide bonds. The molecule has 1 aromatic carbocycles. The van der Waals surface area contributed by atoms with Gasteiger partial charge in [-0.25, -0.2) is 0 Å². The van der Waals surface area contributed by atoms with E-state index < -0.39 is 11.3 Å². The molecule has 0 radical (unpaired) electrons. The second kappa shape index (κ2) is 4.72. The normalized spacial score (nSPS) is 26.6. The Bertz CT molecular complexity index is 586. The summed E-state index contributed by atoms with van der Waals surface area (Å²) >= 11 is 0. The van der Waals surface area contributed by atoms with Crippen LogP contribution in [-0.4, -0.2) is 0 Å². The summed E-state index contributed by atoms with van der Waals surface area (Å²) in [5.41, 5.74) is 0.461. The molecular weight excluding hydrogens is 216 g/mol. The van der Waals surface area contributed by atoms with E-state index in [9.17, 15) is 0 Å². The summed E-state index contributed by atoms with van der Waals surface area (Å²) in [5.74, 6) is -1.01. The minimum Gasteiger partial charge on any atom is -0.0599 e. The maximum atomic E-state index is 8.83. The van der Waals surface area contributed by atoms with Crippen LogP contribution in [0, 0.1) is 5.41 Å². The van der Waals surface area contributed by atoms with Gasteiger partial charge in [-0.3, -0.25) is 0 Å². The molecule has 1 fully saturated rings. The summed E-state index contributed by atoms with van der Waals surface area (Å²) < 4.78 is 42.3. The predicted molar refractivity (Wildman–Crippen MR) is 80.1 cm³/mol. The quantitative estimate of drug-likeness (QED) is 0.601. The smallest absolute Gasteiger partial charge is 0.0599 e. The van der Waals surface area contributed by atoms with E-state index in [-0.39, 0.29) is 35.1 Å². The SMILES string of the molecule is [2H]c1c([2H])c(C2([2H])CCC(C)(C)CC2)c([2H])c([2H])c1C(C)(C)C. The van der Waals surface area contributed by atoms with Gasteiger partial charge in [-0.05, 0) is 53.5 Å². The molecule has 0 N–H and O–H groups in total. The zero-order valence-corrected chi connectivity index (χ0v) is 12.3. The first kappa shape index (κ1) is 8.40. The molecule has 100 valence electrons. The Labute approximate surface area is 120 Å². The average molecular weight is 249 g/mol. The van der Waals surface area contributed by atoms with Gasteiger partial charge in [0, 0.05) is 1.37 Å². The molecule has 0 heterocycles. The summed E-state index contributed by atoms with van der Waals surface area (Å²) in [6.45, 7) is 10.1. The van der Waals surface area contributed by atoms with Crippen molar-refractivity contribution < 1.29 is 6.85 Å². The monoisotopic (exact) mass is 249 g/mol. The average Bonchev–Trinajstić information content (AvgIpc) is 2.39. The van der Waals surface area contributed by atoms with Crippen molar-refractivity contribution in [3.8, 4) is 0 Å². The maximum absolute atomic E-state index is 8.83. The highest BCUT2D eigenvalue weighted by atomic mass is 14.3. The summed E-state index contributed by atoms with van der Waals surface area (Å²) in [6.07, 6.45) is 2.92. The molecule has 0 saturated heterocycles. The van der Waals surface area contributed by atoms with E-state index >= 15 is 0 Å². The van der Waals surface area contributed by atoms with Gasteiger partial charge in [0.05, 0.1) is 5.48 Å². The van der Waals surface area contributed by atoms with Crippen molar-refractivity contribution in [1.29, 1.82) is 0 Å². The molecule has 0 spiro atoms. The van der Waals surface area contributed by atoms with Gasteiger partial charge in [-0.1, -0.05) is 58.8 Å². The second-order valence-corrected chi connectivity index (χ2v) is 7.27. The highest BCUT2D eigenvalue weighted by molar-refractivity contribution is 5.29. The zero-order chi connectivity index (χ0) is 17.8. The lowest BCUT2D eigenvalue weighted by molar-refractivity contribution is 0.224. The van der Waals surface area contributed by atoms with Gasteiger partial charge in [0.15, 0.2) is 0 Å². The Kier molecular flexibility index (Phi) is 2.20. The standard InChI is InChI=1S/C18H28/c1-17(2,3)16-8-6-14(7-9-16)15-10-12-18(4,5)13-11-15/h6-9,15H,10-13H2,1-5H3/i6D,7D,8D,9D,15D. The number of hydrogen-bond donors (Lipinski definition) is 0. The molecule has 1 aliphatic carbocycles. The van der Waals surface area contributed by atoms with Crippen molar-refractivity contribution in [3.05, 3.63) is 35.3 Å². The zero-order valence-electron chi connectivity index (χ0n) is 17.3. The topological polar surface area (TPSA) is 0 Å². The molecule has 0 unspecified atom stereocenters. The Hall–Kier alpha value is -0.780. The molecule has 1 aliphatic rings. The first-order valence-electron chi connectivity index (χ1n) is 9.41. The maximum Gasteiger partial charge on any atom is 0.0626 e. The van der Waals surface area contributed by atoms with Gasteiger partial charge in [-0.2, -0.15) is 0 Å². The van der Waals surface area contributed by atoms with Crippen LogP contribution in [0.25, 0.3) is 0 Å². The van der Waals surface area contributed by atoms with Crippen molar-refractivity contribution in [2.75, 3.05) is 0 Å². The van der Waals surface area contributed by atoms with Crippen molar-refractivity contribution >= 4 is 0 Å². The lowest BCUT2D eigenvalue weighted by Gasteiger charge is -2.34. The third-order valence-corrected chi connectivity index (χ3v) is 3.94. The van der Waals surface area contributed by atoms with Crippen molar-refractivity contribution in [1.82, 2.24) is 0 Å². The highest BCUT2D eigenvalue weighted by Crippen LogP contribution is 2.42. The van der Waals surface area contributed by atoms with Gasteiger partial charge in [0.25, 0.3) is 0 Å². The van der Waals surface area contributed by atoms with Crippen LogP contribution in [0.15, 0.2) is 24.2 Å². The molecule has 0 aliphatic heterocycles.